The molecular weight excluding hydrogens is 348 g/mol. The number of aliphatic hydroxyl groups is 1. The number of ketones is 1. The van der Waals surface area contributed by atoms with Gasteiger partial charge in [0.15, 0.2) is 5.78 Å². The monoisotopic (exact) mass is 382 g/mol. The molecule has 2 fully saturated rings. The molecule has 0 bridgehead atoms. The van der Waals surface area contributed by atoms with E-state index < -0.39 is 11.5 Å². The maximum Gasteiger partial charge on any atom is 0.160 e. The third-order valence-corrected chi connectivity index (χ3v) is 8.42. The summed E-state index contributed by atoms with van der Waals surface area (Å²) in [5.41, 5.74) is 3.13. The van der Waals surface area contributed by atoms with Crippen molar-refractivity contribution in [2.45, 2.75) is 78.7 Å². The zero-order valence-electron chi connectivity index (χ0n) is 18.1. The van der Waals surface area contributed by atoms with Crippen molar-refractivity contribution >= 4 is 11.4 Å². The molecule has 152 valence electrons. The minimum absolute atomic E-state index is 0.0206. The van der Waals surface area contributed by atoms with Crippen molar-refractivity contribution in [3.63, 3.8) is 0 Å². The van der Waals surface area contributed by atoms with Crippen molar-refractivity contribution in [3.8, 4) is 5.75 Å². The quantitative estimate of drug-likeness (QED) is 0.652. The third kappa shape index (κ3) is 2.48. The van der Waals surface area contributed by atoms with Crippen LogP contribution in [0.1, 0.15) is 77.0 Å². The summed E-state index contributed by atoms with van der Waals surface area (Å²) < 4.78 is 0. The van der Waals surface area contributed by atoms with Crippen LogP contribution >= 0.6 is 0 Å². The van der Waals surface area contributed by atoms with Crippen LogP contribution in [-0.2, 0) is 10.2 Å². The smallest absolute Gasteiger partial charge is 0.160 e. The van der Waals surface area contributed by atoms with Gasteiger partial charge in [-0.3, -0.25) is 4.79 Å². The Morgan fingerprint density at radius 1 is 1.07 bits per heavy atom. The molecule has 0 heterocycles. The highest BCUT2D eigenvalue weighted by molar-refractivity contribution is 6.01. The summed E-state index contributed by atoms with van der Waals surface area (Å²) in [7, 11) is 0. The minimum atomic E-state index is -0.447. The largest absolute Gasteiger partial charge is 0.508 e. The van der Waals surface area contributed by atoms with Gasteiger partial charge in [-0.15, -0.1) is 0 Å². The van der Waals surface area contributed by atoms with Crippen LogP contribution in [0.15, 0.2) is 18.2 Å². The van der Waals surface area contributed by atoms with Crippen LogP contribution in [-0.4, -0.2) is 22.1 Å². The number of fused-ring (bicyclic) bond motifs is 5. The molecule has 3 nitrogen and oxygen atoms in total. The first kappa shape index (κ1) is 19.7. The predicted molar refractivity (Wildman–Crippen MR) is 112 cm³/mol. The zero-order chi connectivity index (χ0) is 20.6. The number of allylic oxidation sites excluding steroid dienone is 2. The Morgan fingerprint density at radius 2 is 1.75 bits per heavy atom. The Balaban J connectivity index is 2.00. The molecule has 28 heavy (non-hydrogen) atoms. The Morgan fingerprint density at radius 3 is 2.43 bits per heavy atom. The number of phenolic OH excluding ortho intramolecular Hbond substituents is 1. The number of phenols is 1. The predicted octanol–water partition coefficient (Wildman–Crippen LogP) is 5.16. The molecule has 3 heteroatoms. The van der Waals surface area contributed by atoms with Gasteiger partial charge in [-0.05, 0) is 84.3 Å². The number of carbonyl (C=O) groups excluding carboxylic acids is 1. The van der Waals surface area contributed by atoms with Crippen LogP contribution in [0.4, 0.5) is 0 Å². The maximum absolute atomic E-state index is 13.7. The number of carbonyl (C=O) groups is 1. The molecule has 0 spiro atoms. The molecular formula is C25H34O3. The summed E-state index contributed by atoms with van der Waals surface area (Å²) in [5.74, 6) is 0.406. The van der Waals surface area contributed by atoms with Crippen molar-refractivity contribution < 1.29 is 15.0 Å². The first-order valence-corrected chi connectivity index (χ1v) is 10.7. The second-order valence-electron chi connectivity index (χ2n) is 10.9. The highest BCUT2D eigenvalue weighted by atomic mass is 16.3. The molecule has 0 aromatic heterocycles. The number of aromatic hydroxyl groups is 1. The zero-order valence-corrected chi connectivity index (χ0v) is 18.1. The number of rotatable bonds is 0. The second kappa shape index (κ2) is 5.95. The van der Waals surface area contributed by atoms with Crippen molar-refractivity contribution in [3.05, 3.63) is 34.9 Å². The van der Waals surface area contributed by atoms with Crippen LogP contribution in [0.5, 0.6) is 5.75 Å². The van der Waals surface area contributed by atoms with E-state index in [9.17, 15) is 15.0 Å². The minimum Gasteiger partial charge on any atom is -0.508 e. The van der Waals surface area contributed by atoms with Crippen LogP contribution in [0.25, 0.3) is 5.57 Å². The van der Waals surface area contributed by atoms with Gasteiger partial charge in [0.05, 0.1) is 6.10 Å². The lowest BCUT2D eigenvalue weighted by Gasteiger charge is -2.63. The van der Waals surface area contributed by atoms with Gasteiger partial charge in [0.1, 0.15) is 5.75 Å². The van der Waals surface area contributed by atoms with Crippen molar-refractivity contribution in [1.29, 1.82) is 0 Å². The lowest BCUT2D eigenvalue weighted by molar-refractivity contribution is -0.172. The number of aryl methyl sites for hydroxylation is 1. The first-order chi connectivity index (χ1) is 12.9. The molecule has 2 N–H and O–H groups in total. The molecule has 1 aromatic rings. The van der Waals surface area contributed by atoms with Crippen LogP contribution in [0, 0.1) is 29.6 Å². The second-order valence-corrected chi connectivity index (χ2v) is 10.9. The van der Waals surface area contributed by atoms with Gasteiger partial charge < -0.3 is 10.2 Å². The summed E-state index contributed by atoms with van der Waals surface area (Å²) in [6, 6.07) is 3.86. The first-order valence-electron chi connectivity index (χ1n) is 10.7. The van der Waals surface area contributed by atoms with Gasteiger partial charge in [0.25, 0.3) is 0 Å². The number of benzene rings is 1. The Hall–Kier alpha value is -1.61. The van der Waals surface area contributed by atoms with E-state index in [1.54, 1.807) is 6.08 Å². The van der Waals surface area contributed by atoms with E-state index in [2.05, 4.69) is 33.8 Å². The highest BCUT2D eigenvalue weighted by Gasteiger charge is 2.64. The third-order valence-electron chi connectivity index (χ3n) is 8.42. The molecule has 0 radical (unpaired) electrons. The average Bonchev–Trinajstić information content (AvgIpc) is 2.61. The number of aliphatic hydroxyl groups excluding tert-OH is 1. The molecule has 4 rings (SSSR count). The van der Waals surface area contributed by atoms with Gasteiger partial charge in [0, 0.05) is 11.3 Å². The van der Waals surface area contributed by atoms with E-state index >= 15 is 0 Å². The molecule has 2 saturated carbocycles. The number of hydrogen-bond donors (Lipinski definition) is 2. The van der Waals surface area contributed by atoms with E-state index in [-0.39, 0.29) is 34.2 Å². The lowest BCUT2D eigenvalue weighted by Crippen LogP contribution is -2.63. The summed E-state index contributed by atoms with van der Waals surface area (Å²) >= 11 is 0. The van der Waals surface area contributed by atoms with Gasteiger partial charge in [-0.1, -0.05) is 40.2 Å². The van der Waals surface area contributed by atoms with Crippen molar-refractivity contribution in [2.24, 2.45) is 22.7 Å². The van der Waals surface area contributed by atoms with Gasteiger partial charge in [0.2, 0.25) is 0 Å². The maximum atomic E-state index is 13.7. The molecule has 0 unspecified atom stereocenters. The van der Waals surface area contributed by atoms with Crippen molar-refractivity contribution in [2.75, 3.05) is 0 Å². The van der Waals surface area contributed by atoms with E-state index in [4.69, 9.17) is 0 Å². The van der Waals surface area contributed by atoms with E-state index in [1.165, 1.54) is 0 Å². The summed E-state index contributed by atoms with van der Waals surface area (Å²) in [6.45, 7) is 12.8. The van der Waals surface area contributed by atoms with Gasteiger partial charge >= 0.3 is 0 Å². The molecule has 0 aliphatic heterocycles. The molecule has 0 saturated heterocycles. The normalized spacial score (nSPS) is 39.3. The molecule has 1 aromatic carbocycles. The average molecular weight is 383 g/mol. The van der Waals surface area contributed by atoms with Gasteiger partial charge in [-0.2, -0.15) is 0 Å². The summed E-state index contributed by atoms with van der Waals surface area (Å²) in [6.07, 6.45) is 5.12. The van der Waals surface area contributed by atoms with E-state index in [0.29, 0.717) is 6.42 Å². The Kier molecular flexibility index (Phi) is 4.18. The summed E-state index contributed by atoms with van der Waals surface area (Å²) in [5, 5.41) is 21.8. The molecule has 0 amide bonds. The fourth-order valence-electron chi connectivity index (χ4n) is 7.58. The Bertz CT molecular complexity index is 880. The molecule has 5 atom stereocenters. The van der Waals surface area contributed by atoms with Gasteiger partial charge in [-0.25, -0.2) is 0 Å². The lowest BCUT2D eigenvalue weighted by atomic mass is 9.41. The van der Waals surface area contributed by atoms with Crippen LogP contribution in [0.3, 0.4) is 0 Å². The summed E-state index contributed by atoms with van der Waals surface area (Å²) in [4.78, 5) is 13.7. The molecule has 3 aliphatic rings. The van der Waals surface area contributed by atoms with Crippen LogP contribution < -0.4 is 0 Å². The standard InChI is InChI=1S/C25H34O3/c1-14-11-19(27)22-24(5)9-7-8-23(3,4)21(24)20(28)13-25(22,6)17-10-15(2)18(26)12-16(14)17/h10-12,20-22,26,28H,7-9,13H2,1-6H3/t20-,21-,22+,24-,25+/m0/s1. The van der Waals surface area contributed by atoms with E-state index in [0.717, 1.165) is 41.5 Å². The topological polar surface area (TPSA) is 57.5 Å². The number of hydrogen-bond acceptors (Lipinski definition) is 3. The molecule has 3 aliphatic carbocycles. The van der Waals surface area contributed by atoms with E-state index in [1.807, 2.05) is 19.9 Å². The Labute approximate surface area is 168 Å². The van der Waals surface area contributed by atoms with Crippen molar-refractivity contribution in [1.82, 2.24) is 0 Å². The highest BCUT2D eigenvalue weighted by Crippen LogP contribution is 2.65. The fraction of sp³-hybridized carbons (Fsp3) is 0.640. The SMILES string of the molecule is CC1=CC(=O)[C@@H]2[C@@]3(C)CCCC(C)(C)[C@@H]3[C@@H](O)C[C@]2(C)c2cc(C)c(O)cc21. The van der Waals surface area contributed by atoms with Crippen LogP contribution in [0.2, 0.25) is 0 Å². The fourth-order valence-corrected chi connectivity index (χ4v) is 7.58.